The van der Waals surface area contributed by atoms with E-state index in [4.69, 9.17) is 16.3 Å². The molecule has 1 unspecified atom stereocenters. The number of alkyl halides is 1. The molecule has 116 valence electrons. The lowest BCUT2D eigenvalue weighted by molar-refractivity contribution is -0.0522. The Labute approximate surface area is 129 Å². The van der Waals surface area contributed by atoms with Crippen LogP contribution in [0.5, 0.6) is 0 Å². The van der Waals surface area contributed by atoms with Crippen LogP contribution in [0.4, 0.5) is 0 Å². The first-order valence-corrected chi connectivity index (χ1v) is 9.33. The standard InChI is InChI=1S/C17H30ClNO/c18-12-13-19(15-6-2-1-3-7-15)14-16-8-11-17(20-16)9-4-5-10-17/h15-16H,1-14H2. The highest BCUT2D eigenvalue weighted by molar-refractivity contribution is 6.18. The summed E-state index contributed by atoms with van der Waals surface area (Å²) in [6.45, 7) is 2.16. The highest BCUT2D eigenvalue weighted by Gasteiger charge is 2.42. The van der Waals surface area contributed by atoms with Crippen molar-refractivity contribution in [3.63, 3.8) is 0 Å². The van der Waals surface area contributed by atoms with Crippen LogP contribution in [0.1, 0.15) is 70.6 Å². The van der Waals surface area contributed by atoms with E-state index in [2.05, 4.69) is 4.90 Å². The van der Waals surface area contributed by atoms with Gasteiger partial charge in [0.1, 0.15) is 0 Å². The van der Waals surface area contributed by atoms with Crippen LogP contribution in [0.15, 0.2) is 0 Å². The van der Waals surface area contributed by atoms with E-state index in [1.54, 1.807) is 0 Å². The second-order valence-electron chi connectivity index (χ2n) is 7.14. The smallest absolute Gasteiger partial charge is 0.0710 e. The lowest BCUT2D eigenvalue weighted by Gasteiger charge is -2.36. The quantitative estimate of drug-likeness (QED) is 0.700. The van der Waals surface area contributed by atoms with E-state index in [0.29, 0.717) is 6.10 Å². The minimum atomic E-state index is 0.282. The Bertz CT molecular complexity index is 297. The Morgan fingerprint density at radius 3 is 2.40 bits per heavy atom. The molecule has 0 bridgehead atoms. The number of ether oxygens (including phenoxy) is 1. The first-order chi connectivity index (χ1) is 9.81. The molecule has 0 N–H and O–H groups in total. The summed E-state index contributed by atoms with van der Waals surface area (Å²) in [5, 5.41) is 0. The lowest BCUT2D eigenvalue weighted by atomic mass is 9.93. The molecule has 1 heterocycles. The van der Waals surface area contributed by atoms with E-state index < -0.39 is 0 Å². The Balaban J connectivity index is 1.53. The number of rotatable bonds is 5. The van der Waals surface area contributed by atoms with Gasteiger partial charge in [-0.3, -0.25) is 4.90 Å². The average molecular weight is 300 g/mol. The van der Waals surface area contributed by atoms with Crippen LogP contribution >= 0.6 is 11.6 Å². The van der Waals surface area contributed by atoms with Gasteiger partial charge in [-0.25, -0.2) is 0 Å². The van der Waals surface area contributed by atoms with Gasteiger partial charge in [-0.1, -0.05) is 32.1 Å². The third-order valence-corrected chi connectivity index (χ3v) is 5.92. The van der Waals surface area contributed by atoms with Gasteiger partial charge in [-0.2, -0.15) is 0 Å². The lowest BCUT2D eigenvalue weighted by Crippen LogP contribution is -2.43. The van der Waals surface area contributed by atoms with Crippen LogP contribution < -0.4 is 0 Å². The zero-order chi connectivity index (χ0) is 13.8. The summed E-state index contributed by atoms with van der Waals surface area (Å²) in [6, 6.07) is 0.770. The average Bonchev–Trinajstić information content (AvgIpc) is 3.10. The molecule has 2 saturated carbocycles. The molecule has 0 aromatic rings. The van der Waals surface area contributed by atoms with E-state index in [1.165, 1.54) is 70.6 Å². The van der Waals surface area contributed by atoms with E-state index in [1.807, 2.05) is 0 Å². The van der Waals surface area contributed by atoms with Crippen LogP contribution in [0.25, 0.3) is 0 Å². The van der Waals surface area contributed by atoms with E-state index >= 15 is 0 Å². The molecular weight excluding hydrogens is 270 g/mol. The predicted octanol–water partition coefficient (Wildman–Crippen LogP) is 4.35. The summed E-state index contributed by atoms with van der Waals surface area (Å²) in [6.07, 6.45) is 15.4. The maximum Gasteiger partial charge on any atom is 0.0710 e. The van der Waals surface area contributed by atoms with Crippen molar-refractivity contribution in [2.24, 2.45) is 0 Å². The fourth-order valence-corrected chi connectivity index (χ4v) is 4.87. The Morgan fingerprint density at radius 2 is 1.70 bits per heavy atom. The van der Waals surface area contributed by atoms with Crippen molar-refractivity contribution in [2.45, 2.75) is 88.4 Å². The highest BCUT2D eigenvalue weighted by Crippen LogP contribution is 2.43. The van der Waals surface area contributed by atoms with Gasteiger partial charge in [-0.15, -0.1) is 11.6 Å². The molecule has 3 rings (SSSR count). The van der Waals surface area contributed by atoms with E-state index in [-0.39, 0.29) is 5.60 Å². The van der Waals surface area contributed by atoms with Gasteiger partial charge in [0.25, 0.3) is 0 Å². The molecule has 1 aliphatic heterocycles. The zero-order valence-corrected chi connectivity index (χ0v) is 13.5. The van der Waals surface area contributed by atoms with Crippen LogP contribution in [0, 0.1) is 0 Å². The van der Waals surface area contributed by atoms with Crippen LogP contribution in [-0.2, 0) is 4.74 Å². The molecule has 1 atom stereocenters. The molecular formula is C17H30ClNO. The topological polar surface area (TPSA) is 12.5 Å². The van der Waals surface area contributed by atoms with Gasteiger partial charge < -0.3 is 4.74 Å². The number of hydrogen-bond acceptors (Lipinski definition) is 2. The summed E-state index contributed by atoms with van der Waals surface area (Å²) >= 11 is 6.04. The number of nitrogens with zero attached hydrogens (tertiary/aromatic N) is 1. The molecule has 2 nitrogen and oxygen atoms in total. The molecule has 0 amide bonds. The molecule has 0 radical (unpaired) electrons. The van der Waals surface area contributed by atoms with Crippen molar-refractivity contribution in [3.8, 4) is 0 Å². The van der Waals surface area contributed by atoms with Crippen molar-refractivity contribution < 1.29 is 4.74 Å². The van der Waals surface area contributed by atoms with Crippen LogP contribution in [0.2, 0.25) is 0 Å². The fourth-order valence-electron chi connectivity index (χ4n) is 4.65. The molecule has 1 spiro atoms. The van der Waals surface area contributed by atoms with Crippen molar-refractivity contribution >= 4 is 11.6 Å². The van der Waals surface area contributed by atoms with E-state index in [0.717, 1.165) is 25.0 Å². The predicted molar refractivity (Wildman–Crippen MR) is 84.5 cm³/mol. The Hall–Kier alpha value is 0.210. The molecule has 3 heteroatoms. The van der Waals surface area contributed by atoms with Gasteiger partial charge in [0, 0.05) is 25.0 Å². The SMILES string of the molecule is ClCCN(CC1CCC2(CCCC2)O1)C1CCCCC1. The van der Waals surface area contributed by atoms with Crippen molar-refractivity contribution in [1.82, 2.24) is 4.90 Å². The Kier molecular flexibility index (Phi) is 5.28. The minimum absolute atomic E-state index is 0.282. The summed E-state index contributed by atoms with van der Waals surface area (Å²) in [5.74, 6) is 0.758. The monoisotopic (exact) mass is 299 g/mol. The number of halogens is 1. The molecule has 20 heavy (non-hydrogen) atoms. The zero-order valence-electron chi connectivity index (χ0n) is 12.8. The summed E-state index contributed by atoms with van der Waals surface area (Å²) in [7, 11) is 0. The maximum atomic E-state index is 6.49. The first-order valence-electron chi connectivity index (χ1n) is 8.79. The normalized spacial score (nSPS) is 30.6. The molecule has 3 aliphatic rings. The van der Waals surface area contributed by atoms with Crippen LogP contribution in [-0.4, -0.2) is 41.6 Å². The van der Waals surface area contributed by atoms with Crippen molar-refractivity contribution in [1.29, 1.82) is 0 Å². The largest absolute Gasteiger partial charge is 0.370 e. The van der Waals surface area contributed by atoms with Crippen molar-refractivity contribution in [3.05, 3.63) is 0 Å². The second kappa shape index (κ2) is 6.98. The molecule has 2 aliphatic carbocycles. The van der Waals surface area contributed by atoms with Gasteiger partial charge in [0.2, 0.25) is 0 Å². The maximum absolute atomic E-state index is 6.49. The summed E-state index contributed by atoms with van der Waals surface area (Å²) < 4.78 is 6.49. The van der Waals surface area contributed by atoms with Gasteiger partial charge >= 0.3 is 0 Å². The number of hydrogen-bond donors (Lipinski definition) is 0. The van der Waals surface area contributed by atoms with Crippen molar-refractivity contribution in [2.75, 3.05) is 19.0 Å². The van der Waals surface area contributed by atoms with Crippen LogP contribution in [0.3, 0.4) is 0 Å². The minimum Gasteiger partial charge on any atom is -0.370 e. The van der Waals surface area contributed by atoms with Gasteiger partial charge in [0.05, 0.1) is 11.7 Å². The second-order valence-corrected chi connectivity index (χ2v) is 7.52. The molecule has 3 fully saturated rings. The molecule has 0 aromatic heterocycles. The molecule has 0 aromatic carbocycles. The van der Waals surface area contributed by atoms with E-state index in [9.17, 15) is 0 Å². The molecule has 1 saturated heterocycles. The Morgan fingerprint density at radius 1 is 0.950 bits per heavy atom. The fraction of sp³-hybridized carbons (Fsp3) is 1.00. The third kappa shape index (κ3) is 3.51. The summed E-state index contributed by atoms with van der Waals surface area (Å²) in [4.78, 5) is 2.64. The van der Waals surface area contributed by atoms with Gasteiger partial charge in [0.15, 0.2) is 0 Å². The third-order valence-electron chi connectivity index (χ3n) is 5.75. The van der Waals surface area contributed by atoms with Gasteiger partial charge in [-0.05, 0) is 38.5 Å². The summed E-state index contributed by atoms with van der Waals surface area (Å²) in [5.41, 5.74) is 0.282. The first kappa shape index (κ1) is 15.1. The highest BCUT2D eigenvalue weighted by atomic mass is 35.5.